The summed E-state index contributed by atoms with van der Waals surface area (Å²) < 4.78 is 1.85. The zero-order chi connectivity index (χ0) is 24.9. The van der Waals surface area contributed by atoms with E-state index in [0.29, 0.717) is 16.0 Å². The number of carbonyl (C=O) groups excluding carboxylic acids is 1. The van der Waals surface area contributed by atoms with Crippen LogP contribution in [0.1, 0.15) is 45.6 Å². The first-order valence-corrected chi connectivity index (χ1v) is 13.2. The second kappa shape index (κ2) is 8.59. The normalized spacial score (nSPS) is 27.9. The van der Waals surface area contributed by atoms with Gasteiger partial charge in [-0.15, -0.1) is 5.10 Å². The number of thioether (sulfide) groups is 1. The van der Waals surface area contributed by atoms with Crippen LogP contribution in [0.25, 0.3) is 23.0 Å². The fourth-order valence-corrected chi connectivity index (χ4v) is 6.59. The molecule has 6 rings (SSSR count). The van der Waals surface area contributed by atoms with Gasteiger partial charge in [-0.05, 0) is 60.6 Å². The van der Waals surface area contributed by atoms with Crippen molar-refractivity contribution in [2.24, 2.45) is 27.0 Å². The van der Waals surface area contributed by atoms with E-state index in [2.05, 4.69) is 36.3 Å². The van der Waals surface area contributed by atoms with Crippen LogP contribution < -0.4 is 5.32 Å². The predicted molar refractivity (Wildman–Crippen MR) is 147 cm³/mol. The summed E-state index contributed by atoms with van der Waals surface area (Å²) in [5.41, 5.74) is 5.15. The SMILES string of the molecule is CC12CCC(CC1=N/N=C1\NC(=O)C(=Cc3cn(-c4ccccc4)nc3-c3ccccc3)S1)C2(C)C. The predicted octanol–water partition coefficient (Wildman–Crippen LogP) is 6.30. The number of aromatic nitrogens is 2. The van der Waals surface area contributed by atoms with E-state index in [1.807, 2.05) is 77.6 Å². The van der Waals surface area contributed by atoms with E-state index in [1.165, 1.54) is 23.9 Å². The van der Waals surface area contributed by atoms with Crippen LogP contribution in [0.15, 0.2) is 82.0 Å². The zero-order valence-electron chi connectivity index (χ0n) is 20.7. The highest BCUT2D eigenvalue weighted by molar-refractivity contribution is 8.18. The van der Waals surface area contributed by atoms with Crippen LogP contribution in [0, 0.1) is 16.7 Å². The third kappa shape index (κ3) is 3.73. The lowest BCUT2D eigenvalue weighted by Gasteiger charge is -2.34. The van der Waals surface area contributed by atoms with E-state index >= 15 is 0 Å². The molecule has 2 unspecified atom stereocenters. The topological polar surface area (TPSA) is 71.6 Å². The van der Waals surface area contributed by atoms with Crippen molar-refractivity contribution in [3.63, 3.8) is 0 Å². The molecule has 182 valence electrons. The Kier molecular flexibility index (Phi) is 5.48. The maximum Gasteiger partial charge on any atom is 0.264 e. The van der Waals surface area contributed by atoms with Gasteiger partial charge in [-0.3, -0.25) is 10.1 Å². The van der Waals surface area contributed by atoms with E-state index in [-0.39, 0.29) is 16.7 Å². The zero-order valence-corrected chi connectivity index (χ0v) is 21.5. The quantitative estimate of drug-likeness (QED) is 0.341. The van der Waals surface area contributed by atoms with Gasteiger partial charge in [0.2, 0.25) is 0 Å². The average Bonchev–Trinajstić information content (AvgIpc) is 3.57. The smallest absolute Gasteiger partial charge is 0.264 e. The lowest BCUT2D eigenvalue weighted by atomic mass is 9.70. The van der Waals surface area contributed by atoms with Crippen molar-refractivity contribution in [2.45, 2.75) is 40.0 Å². The van der Waals surface area contributed by atoms with Gasteiger partial charge >= 0.3 is 0 Å². The molecule has 2 bridgehead atoms. The monoisotopic (exact) mass is 495 g/mol. The van der Waals surface area contributed by atoms with Crippen LogP contribution in [-0.2, 0) is 4.79 Å². The Labute approximate surface area is 215 Å². The summed E-state index contributed by atoms with van der Waals surface area (Å²) in [7, 11) is 0. The molecule has 2 saturated carbocycles. The largest absolute Gasteiger partial charge is 0.299 e. The molecule has 2 atom stereocenters. The maximum absolute atomic E-state index is 12.8. The third-order valence-electron chi connectivity index (χ3n) is 8.52. The van der Waals surface area contributed by atoms with Crippen molar-refractivity contribution < 1.29 is 4.79 Å². The number of carbonyl (C=O) groups is 1. The van der Waals surface area contributed by atoms with Crippen molar-refractivity contribution >= 4 is 34.6 Å². The Morgan fingerprint density at radius 2 is 1.78 bits per heavy atom. The van der Waals surface area contributed by atoms with Gasteiger partial charge in [0.05, 0.1) is 16.3 Å². The second-order valence-corrected chi connectivity index (χ2v) is 11.6. The molecule has 0 spiro atoms. The number of fused-ring (bicyclic) bond motifs is 2. The van der Waals surface area contributed by atoms with Crippen LogP contribution in [-0.4, -0.2) is 26.6 Å². The summed E-state index contributed by atoms with van der Waals surface area (Å²) in [5.74, 6) is 0.505. The molecule has 36 heavy (non-hydrogen) atoms. The summed E-state index contributed by atoms with van der Waals surface area (Å²) in [5, 5.41) is 17.4. The third-order valence-corrected chi connectivity index (χ3v) is 9.42. The van der Waals surface area contributed by atoms with Gasteiger partial charge in [-0.2, -0.15) is 10.2 Å². The van der Waals surface area contributed by atoms with Crippen molar-refractivity contribution in [3.8, 4) is 16.9 Å². The molecule has 7 heteroatoms. The van der Waals surface area contributed by atoms with E-state index < -0.39 is 0 Å². The molecule has 3 fully saturated rings. The first kappa shape index (κ1) is 23.0. The molecule has 3 aliphatic rings. The molecule has 1 N–H and O–H groups in total. The minimum Gasteiger partial charge on any atom is -0.299 e. The van der Waals surface area contributed by atoms with Crippen molar-refractivity contribution in [3.05, 3.63) is 77.3 Å². The first-order chi connectivity index (χ1) is 17.3. The Hall–Kier alpha value is -3.45. The van der Waals surface area contributed by atoms with Crippen LogP contribution in [0.5, 0.6) is 0 Å². The van der Waals surface area contributed by atoms with Gasteiger partial charge in [0.15, 0.2) is 5.17 Å². The standard InChI is InChI=1S/C29H29N5OS/c1-28(2)21-14-15-29(28,3)24(17-21)31-32-27-30-26(35)23(36-27)16-20-18-34(22-12-8-5-9-13-22)33-25(20)19-10-6-4-7-11-19/h4-13,16,18,21H,14-15,17H2,1-3H3,(H,30,32,35). The van der Waals surface area contributed by atoms with Crippen LogP contribution in [0.4, 0.5) is 0 Å². The van der Waals surface area contributed by atoms with Gasteiger partial charge in [0.25, 0.3) is 5.91 Å². The van der Waals surface area contributed by atoms with Gasteiger partial charge in [0.1, 0.15) is 0 Å². The van der Waals surface area contributed by atoms with Gasteiger partial charge in [-0.25, -0.2) is 4.68 Å². The molecule has 2 heterocycles. The molecule has 1 saturated heterocycles. The maximum atomic E-state index is 12.8. The lowest BCUT2D eigenvalue weighted by Crippen LogP contribution is -2.32. The van der Waals surface area contributed by atoms with Crippen LogP contribution in [0.2, 0.25) is 0 Å². The summed E-state index contributed by atoms with van der Waals surface area (Å²) in [6.07, 6.45) is 7.28. The molecular formula is C29H29N5OS. The minimum absolute atomic E-state index is 0.0876. The number of amides is 1. The molecule has 1 aliphatic heterocycles. The minimum atomic E-state index is -0.162. The summed E-state index contributed by atoms with van der Waals surface area (Å²) in [6.45, 7) is 7.03. The number of nitrogens with zero attached hydrogens (tertiary/aromatic N) is 4. The number of para-hydroxylation sites is 1. The van der Waals surface area contributed by atoms with Gasteiger partial charge in [-0.1, -0.05) is 69.3 Å². The highest BCUT2D eigenvalue weighted by atomic mass is 32.2. The van der Waals surface area contributed by atoms with E-state index in [9.17, 15) is 4.79 Å². The van der Waals surface area contributed by atoms with Gasteiger partial charge in [0, 0.05) is 28.5 Å². The molecule has 1 aromatic heterocycles. The Morgan fingerprint density at radius 1 is 1.06 bits per heavy atom. The lowest BCUT2D eigenvalue weighted by molar-refractivity contribution is -0.115. The molecule has 3 aromatic rings. The fourth-order valence-electron chi connectivity index (χ4n) is 5.83. The fraction of sp³-hybridized carbons (Fsp3) is 0.310. The number of hydrogen-bond acceptors (Lipinski definition) is 5. The second-order valence-electron chi connectivity index (χ2n) is 10.6. The summed E-state index contributed by atoms with van der Waals surface area (Å²) in [4.78, 5) is 13.4. The van der Waals surface area contributed by atoms with E-state index in [0.717, 1.165) is 35.3 Å². The highest BCUT2D eigenvalue weighted by Gasteiger charge is 2.60. The van der Waals surface area contributed by atoms with Crippen molar-refractivity contribution in [2.75, 3.05) is 0 Å². The molecule has 0 radical (unpaired) electrons. The van der Waals surface area contributed by atoms with E-state index in [1.54, 1.807) is 0 Å². The number of nitrogens with one attached hydrogen (secondary N) is 1. The Balaban J connectivity index is 1.31. The molecular weight excluding hydrogens is 466 g/mol. The van der Waals surface area contributed by atoms with Crippen LogP contribution in [0.3, 0.4) is 0 Å². The molecule has 2 aromatic carbocycles. The van der Waals surface area contributed by atoms with Crippen LogP contribution >= 0.6 is 11.8 Å². The van der Waals surface area contributed by atoms with E-state index in [4.69, 9.17) is 5.10 Å². The summed E-state index contributed by atoms with van der Waals surface area (Å²) >= 11 is 1.33. The molecule has 2 aliphatic carbocycles. The number of rotatable bonds is 4. The summed E-state index contributed by atoms with van der Waals surface area (Å²) in [6, 6.07) is 20.0. The van der Waals surface area contributed by atoms with Gasteiger partial charge < -0.3 is 0 Å². The number of hydrogen-bond donors (Lipinski definition) is 1. The Morgan fingerprint density at radius 3 is 2.44 bits per heavy atom. The molecule has 6 nitrogen and oxygen atoms in total. The molecule has 1 amide bonds. The number of benzene rings is 2. The average molecular weight is 496 g/mol. The first-order valence-electron chi connectivity index (χ1n) is 12.4. The van der Waals surface area contributed by atoms with Crippen molar-refractivity contribution in [1.82, 2.24) is 15.1 Å². The van der Waals surface area contributed by atoms with Crippen molar-refractivity contribution in [1.29, 1.82) is 0 Å². The Bertz CT molecular complexity index is 1420. The highest BCUT2D eigenvalue weighted by Crippen LogP contribution is 2.64. The number of amidine groups is 1.